The van der Waals surface area contributed by atoms with Crippen LogP contribution in [0.15, 0.2) is 23.9 Å². The molecular formula is C15H24B2N4. The lowest BCUT2D eigenvalue weighted by molar-refractivity contribution is 0.0993. The molecule has 2 fully saturated rings. The molecule has 2 saturated heterocycles. The molecular weight excluding hydrogens is 258 g/mol. The molecule has 4 radical (unpaired) electrons. The third-order valence-corrected chi connectivity index (χ3v) is 5.05. The predicted octanol–water partition coefficient (Wildman–Crippen LogP) is -0.00890. The van der Waals surface area contributed by atoms with E-state index in [0.717, 1.165) is 58.8 Å². The van der Waals surface area contributed by atoms with Gasteiger partial charge in [-0.25, -0.2) is 0 Å². The minimum atomic E-state index is 0.139. The van der Waals surface area contributed by atoms with E-state index in [1.54, 1.807) is 0 Å². The van der Waals surface area contributed by atoms with E-state index in [0.29, 0.717) is 0 Å². The molecule has 0 aromatic heterocycles. The third kappa shape index (κ3) is 3.38. The second kappa shape index (κ2) is 6.19. The maximum Gasteiger partial charge on any atom is 0.182 e. The van der Waals surface area contributed by atoms with Crippen molar-refractivity contribution in [2.45, 2.75) is 18.9 Å². The Kier molecular flexibility index (Phi) is 4.48. The van der Waals surface area contributed by atoms with Gasteiger partial charge in [0.1, 0.15) is 0 Å². The number of rotatable bonds is 2. The molecule has 21 heavy (non-hydrogen) atoms. The Hall–Kier alpha value is -0.710. The first-order valence-electron chi connectivity index (χ1n) is 7.95. The molecule has 0 N–H and O–H groups in total. The molecule has 0 aromatic rings. The summed E-state index contributed by atoms with van der Waals surface area (Å²) in [5.74, 6) is 0. The van der Waals surface area contributed by atoms with Crippen molar-refractivity contribution < 1.29 is 0 Å². The highest BCUT2D eigenvalue weighted by atomic mass is 15.3. The third-order valence-electron chi connectivity index (χ3n) is 5.05. The van der Waals surface area contributed by atoms with Gasteiger partial charge in [0, 0.05) is 50.5 Å². The van der Waals surface area contributed by atoms with Crippen LogP contribution in [0.4, 0.5) is 0 Å². The van der Waals surface area contributed by atoms with E-state index in [4.69, 9.17) is 16.0 Å². The van der Waals surface area contributed by atoms with Crippen LogP contribution in [-0.4, -0.2) is 93.3 Å². The lowest BCUT2D eigenvalue weighted by atomic mass is 9.89. The van der Waals surface area contributed by atoms with Gasteiger partial charge in [-0.15, -0.1) is 0 Å². The van der Waals surface area contributed by atoms with E-state index in [-0.39, 0.29) is 5.54 Å². The monoisotopic (exact) mass is 282 g/mol. The minimum Gasteiger partial charge on any atom is -0.369 e. The zero-order valence-corrected chi connectivity index (χ0v) is 13.0. The summed E-state index contributed by atoms with van der Waals surface area (Å²) < 4.78 is 0. The van der Waals surface area contributed by atoms with Gasteiger partial charge in [-0.05, 0) is 32.5 Å². The Bertz CT molecular complexity index is 423. The van der Waals surface area contributed by atoms with Crippen molar-refractivity contribution in [3.8, 4) is 0 Å². The van der Waals surface area contributed by atoms with Gasteiger partial charge in [-0.3, -0.25) is 4.90 Å². The molecule has 3 aliphatic rings. The van der Waals surface area contributed by atoms with Crippen LogP contribution in [0.25, 0.3) is 0 Å². The zero-order valence-electron chi connectivity index (χ0n) is 13.0. The normalized spacial score (nSPS) is 33.2. The van der Waals surface area contributed by atoms with E-state index in [9.17, 15) is 0 Å². The molecule has 0 bridgehead atoms. The van der Waals surface area contributed by atoms with Crippen LogP contribution in [0.1, 0.15) is 13.3 Å². The average molecular weight is 282 g/mol. The van der Waals surface area contributed by atoms with Gasteiger partial charge in [0.25, 0.3) is 0 Å². The maximum absolute atomic E-state index is 5.86. The van der Waals surface area contributed by atoms with Crippen LogP contribution in [0.3, 0.4) is 0 Å². The molecule has 2 aliphatic heterocycles. The molecule has 110 valence electrons. The van der Waals surface area contributed by atoms with Crippen LogP contribution in [0.5, 0.6) is 0 Å². The van der Waals surface area contributed by atoms with Crippen molar-refractivity contribution in [2.75, 3.05) is 52.4 Å². The molecule has 3 rings (SSSR count). The van der Waals surface area contributed by atoms with E-state index in [2.05, 4.69) is 35.0 Å². The Morgan fingerprint density at radius 1 is 0.905 bits per heavy atom. The highest BCUT2D eigenvalue weighted by Crippen LogP contribution is 2.29. The molecule has 1 aliphatic carbocycles. The largest absolute Gasteiger partial charge is 0.369 e. The molecule has 0 spiro atoms. The van der Waals surface area contributed by atoms with Crippen LogP contribution in [-0.2, 0) is 0 Å². The maximum atomic E-state index is 5.86. The fourth-order valence-corrected chi connectivity index (χ4v) is 3.39. The molecule has 4 nitrogen and oxygen atoms in total. The second-order valence-electron chi connectivity index (χ2n) is 6.57. The molecule has 0 amide bonds. The first kappa shape index (κ1) is 15.2. The minimum absolute atomic E-state index is 0.139. The van der Waals surface area contributed by atoms with Crippen LogP contribution >= 0.6 is 0 Å². The van der Waals surface area contributed by atoms with Gasteiger partial charge in [-0.1, -0.05) is 12.2 Å². The van der Waals surface area contributed by atoms with Gasteiger partial charge >= 0.3 is 0 Å². The highest BCUT2D eigenvalue weighted by molar-refractivity contribution is 6.04. The molecule has 2 heterocycles. The van der Waals surface area contributed by atoms with Crippen molar-refractivity contribution in [3.63, 3.8) is 0 Å². The Morgan fingerprint density at radius 3 is 2.00 bits per heavy atom. The fourth-order valence-electron chi connectivity index (χ4n) is 3.39. The zero-order chi connectivity index (χ0) is 14.9. The average Bonchev–Trinajstić information content (AvgIpc) is 2.50. The van der Waals surface area contributed by atoms with Crippen LogP contribution < -0.4 is 0 Å². The quantitative estimate of drug-likeness (QED) is 0.660. The number of allylic oxidation sites excluding steroid dienone is 1. The van der Waals surface area contributed by atoms with E-state index in [1.807, 2.05) is 9.62 Å². The topological polar surface area (TPSA) is 13.0 Å². The summed E-state index contributed by atoms with van der Waals surface area (Å²) in [6.07, 6.45) is 8.14. The number of hydrogen-bond donors (Lipinski definition) is 0. The molecule has 6 heteroatoms. The lowest BCUT2D eigenvalue weighted by Crippen LogP contribution is -2.55. The molecule has 0 saturated carbocycles. The number of piperazine rings is 2. The van der Waals surface area contributed by atoms with Gasteiger partial charge in [0.15, 0.2) is 16.0 Å². The first-order valence-corrected chi connectivity index (χ1v) is 7.95. The summed E-state index contributed by atoms with van der Waals surface area (Å²) in [5, 5.41) is 0. The van der Waals surface area contributed by atoms with Gasteiger partial charge in [-0.2, -0.15) is 0 Å². The van der Waals surface area contributed by atoms with Crippen molar-refractivity contribution in [1.82, 2.24) is 19.4 Å². The number of hydrogen-bond acceptors (Lipinski definition) is 4. The Labute approximate surface area is 131 Å². The standard InChI is InChI=1S/C15H24B2N4/c1-15(19-8-12-21(17)13-9-19)4-2-14(3-5-15)18-6-10-20(16)11-7-18/h2-4H,5-13H2,1H3. The first-order chi connectivity index (χ1) is 10.1. The SMILES string of the molecule is [B]N1CCN(C2=CCC(C)(N3CCN([B])CC3)C=C2)CC1. The second-order valence-corrected chi connectivity index (χ2v) is 6.57. The Morgan fingerprint density at radius 2 is 1.48 bits per heavy atom. The summed E-state index contributed by atoms with van der Waals surface area (Å²) in [5.41, 5.74) is 1.50. The summed E-state index contributed by atoms with van der Waals surface area (Å²) in [7, 11) is 11.7. The van der Waals surface area contributed by atoms with Crippen molar-refractivity contribution in [3.05, 3.63) is 23.9 Å². The lowest BCUT2D eigenvalue weighted by Gasteiger charge is -2.45. The molecule has 1 atom stereocenters. The van der Waals surface area contributed by atoms with Gasteiger partial charge in [0.05, 0.1) is 0 Å². The fraction of sp³-hybridized carbons (Fsp3) is 0.733. The Balaban J connectivity index is 1.59. The number of nitrogens with zero attached hydrogens (tertiary/aromatic N) is 4. The highest BCUT2D eigenvalue weighted by Gasteiger charge is 2.32. The van der Waals surface area contributed by atoms with Gasteiger partial charge < -0.3 is 14.5 Å². The van der Waals surface area contributed by atoms with Crippen molar-refractivity contribution >= 4 is 16.0 Å². The van der Waals surface area contributed by atoms with E-state index < -0.39 is 0 Å². The summed E-state index contributed by atoms with van der Waals surface area (Å²) >= 11 is 0. The van der Waals surface area contributed by atoms with Crippen molar-refractivity contribution in [1.29, 1.82) is 0 Å². The van der Waals surface area contributed by atoms with Crippen molar-refractivity contribution in [2.24, 2.45) is 0 Å². The molecule has 0 aromatic carbocycles. The van der Waals surface area contributed by atoms with Crippen LogP contribution in [0.2, 0.25) is 0 Å². The van der Waals surface area contributed by atoms with E-state index in [1.165, 1.54) is 5.70 Å². The smallest absolute Gasteiger partial charge is 0.182 e. The molecule has 1 unspecified atom stereocenters. The summed E-state index contributed by atoms with van der Waals surface area (Å²) in [6.45, 7) is 10.3. The summed E-state index contributed by atoms with van der Waals surface area (Å²) in [4.78, 5) is 8.81. The van der Waals surface area contributed by atoms with E-state index >= 15 is 0 Å². The van der Waals surface area contributed by atoms with Gasteiger partial charge in [0.2, 0.25) is 0 Å². The van der Waals surface area contributed by atoms with Crippen LogP contribution in [0, 0.1) is 0 Å². The summed E-state index contributed by atoms with van der Waals surface area (Å²) in [6, 6.07) is 0. The predicted molar refractivity (Wildman–Crippen MR) is 88.0 cm³/mol.